The molecule has 3 rings (SSSR count). The van der Waals surface area contributed by atoms with Crippen molar-refractivity contribution < 1.29 is 0 Å². The first kappa shape index (κ1) is 14.0. The first-order valence-corrected chi connectivity index (χ1v) is 7.48. The average Bonchev–Trinajstić information content (AvgIpc) is 2.70. The van der Waals surface area contributed by atoms with Crippen LogP contribution in [0, 0.1) is 5.41 Å². The third-order valence-corrected chi connectivity index (χ3v) is 4.32. The number of anilines is 1. The molecule has 108 valence electrons. The molecule has 0 bridgehead atoms. The van der Waals surface area contributed by atoms with E-state index in [1.54, 1.807) is 6.07 Å². The number of halogens is 1. The molecule has 0 fully saturated rings. The molecule has 0 saturated carbocycles. The summed E-state index contributed by atoms with van der Waals surface area (Å²) < 4.78 is 0. The van der Waals surface area contributed by atoms with Gasteiger partial charge in [0.15, 0.2) is 0 Å². The summed E-state index contributed by atoms with van der Waals surface area (Å²) in [6.45, 7) is 1.91. The minimum Gasteiger partial charge on any atom is -0.384 e. The molecule has 21 heavy (non-hydrogen) atoms. The highest BCUT2D eigenvalue weighted by atomic mass is 35.5. The van der Waals surface area contributed by atoms with E-state index in [2.05, 4.69) is 29.2 Å². The predicted molar refractivity (Wildman–Crippen MR) is 88.5 cm³/mol. The van der Waals surface area contributed by atoms with Crippen LogP contribution in [0.1, 0.15) is 16.7 Å². The first-order chi connectivity index (χ1) is 10.1. The zero-order chi connectivity index (χ0) is 14.8. The Morgan fingerprint density at radius 1 is 1.05 bits per heavy atom. The van der Waals surface area contributed by atoms with Gasteiger partial charge in [-0.15, -0.1) is 0 Å². The van der Waals surface area contributed by atoms with E-state index < -0.39 is 0 Å². The maximum Gasteiger partial charge on any atom is 0.122 e. The van der Waals surface area contributed by atoms with Gasteiger partial charge in [0.1, 0.15) is 5.84 Å². The molecule has 2 aromatic rings. The van der Waals surface area contributed by atoms with Crippen LogP contribution in [-0.2, 0) is 12.8 Å². The monoisotopic (exact) mass is 299 g/mol. The highest BCUT2D eigenvalue weighted by molar-refractivity contribution is 6.33. The summed E-state index contributed by atoms with van der Waals surface area (Å²) in [6, 6.07) is 14.2. The molecule has 1 aliphatic rings. The highest BCUT2D eigenvalue weighted by Crippen LogP contribution is 2.29. The number of nitrogen functional groups attached to an aromatic ring is 1. The van der Waals surface area contributed by atoms with Crippen molar-refractivity contribution in [3.8, 4) is 0 Å². The second-order valence-corrected chi connectivity index (χ2v) is 5.74. The molecule has 3 N–H and O–H groups in total. The van der Waals surface area contributed by atoms with Crippen molar-refractivity contribution in [2.24, 2.45) is 5.73 Å². The Morgan fingerprint density at radius 2 is 1.67 bits per heavy atom. The van der Waals surface area contributed by atoms with Gasteiger partial charge in [-0.2, -0.15) is 0 Å². The molecule has 3 nitrogen and oxygen atoms in total. The van der Waals surface area contributed by atoms with Crippen molar-refractivity contribution in [1.29, 1.82) is 5.41 Å². The molecule has 1 heterocycles. The number of amidine groups is 1. The number of hydrogen-bond donors (Lipinski definition) is 2. The van der Waals surface area contributed by atoms with E-state index in [0.717, 1.165) is 31.6 Å². The van der Waals surface area contributed by atoms with E-state index in [1.807, 2.05) is 12.1 Å². The summed E-state index contributed by atoms with van der Waals surface area (Å²) in [5.74, 6) is 0.0479. The average molecular weight is 300 g/mol. The van der Waals surface area contributed by atoms with Crippen LogP contribution in [0.2, 0.25) is 5.02 Å². The fourth-order valence-corrected chi connectivity index (χ4v) is 3.14. The van der Waals surface area contributed by atoms with Crippen LogP contribution in [0.5, 0.6) is 0 Å². The van der Waals surface area contributed by atoms with E-state index >= 15 is 0 Å². The summed E-state index contributed by atoms with van der Waals surface area (Å²) >= 11 is 6.38. The van der Waals surface area contributed by atoms with Crippen LogP contribution in [0.25, 0.3) is 0 Å². The molecular formula is C17H18ClN3. The van der Waals surface area contributed by atoms with Crippen LogP contribution >= 0.6 is 11.6 Å². The van der Waals surface area contributed by atoms with Crippen LogP contribution in [0.3, 0.4) is 0 Å². The SMILES string of the molecule is N=C(N)c1ccc(N2CCc3ccccc3CC2)c(Cl)c1. The van der Waals surface area contributed by atoms with Crippen molar-refractivity contribution in [3.05, 3.63) is 64.2 Å². The van der Waals surface area contributed by atoms with Gasteiger partial charge in [-0.05, 0) is 42.2 Å². The summed E-state index contributed by atoms with van der Waals surface area (Å²) in [5, 5.41) is 8.14. The molecule has 0 aliphatic carbocycles. The Bertz CT molecular complexity index is 654. The molecule has 4 heteroatoms. The van der Waals surface area contributed by atoms with E-state index in [4.69, 9.17) is 22.7 Å². The summed E-state index contributed by atoms with van der Waals surface area (Å²) in [7, 11) is 0. The zero-order valence-corrected chi connectivity index (χ0v) is 12.5. The molecule has 0 amide bonds. The molecule has 0 aromatic heterocycles. The minimum absolute atomic E-state index is 0.0479. The van der Waals surface area contributed by atoms with Gasteiger partial charge in [-0.3, -0.25) is 5.41 Å². The third-order valence-electron chi connectivity index (χ3n) is 4.02. The summed E-state index contributed by atoms with van der Waals surface area (Å²) in [5.41, 5.74) is 10.1. The van der Waals surface area contributed by atoms with Crippen molar-refractivity contribution >= 4 is 23.1 Å². The molecule has 2 aromatic carbocycles. The maximum absolute atomic E-state index is 7.48. The van der Waals surface area contributed by atoms with Crippen molar-refractivity contribution in [3.63, 3.8) is 0 Å². The lowest BCUT2D eigenvalue weighted by molar-refractivity contribution is 0.806. The Labute approximate surface area is 129 Å². The number of rotatable bonds is 2. The largest absolute Gasteiger partial charge is 0.384 e. The number of fused-ring (bicyclic) bond motifs is 1. The number of hydrogen-bond acceptors (Lipinski definition) is 2. The Hall–Kier alpha value is -2.00. The topological polar surface area (TPSA) is 53.1 Å². The molecule has 0 saturated heterocycles. The second kappa shape index (κ2) is 5.78. The molecule has 0 radical (unpaired) electrons. The lowest BCUT2D eigenvalue weighted by atomic mass is 10.0. The van der Waals surface area contributed by atoms with Gasteiger partial charge in [0.25, 0.3) is 0 Å². The smallest absolute Gasteiger partial charge is 0.122 e. The van der Waals surface area contributed by atoms with Gasteiger partial charge < -0.3 is 10.6 Å². The zero-order valence-electron chi connectivity index (χ0n) is 11.8. The van der Waals surface area contributed by atoms with Gasteiger partial charge in [0.05, 0.1) is 10.7 Å². The van der Waals surface area contributed by atoms with Crippen LogP contribution < -0.4 is 10.6 Å². The number of nitrogens with zero attached hydrogens (tertiary/aromatic N) is 1. The highest BCUT2D eigenvalue weighted by Gasteiger charge is 2.16. The van der Waals surface area contributed by atoms with Crippen molar-refractivity contribution in [2.45, 2.75) is 12.8 Å². The number of nitrogens with two attached hydrogens (primary N) is 1. The minimum atomic E-state index is 0.0479. The van der Waals surface area contributed by atoms with E-state index in [0.29, 0.717) is 10.6 Å². The normalized spacial score (nSPS) is 14.4. The van der Waals surface area contributed by atoms with Crippen molar-refractivity contribution in [1.82, 2.24) is 0 Å². The maximum atomic E-state index is 7.48. The third kappa shape index (κ3) is 2.88. The Kier molecular flexibility index (Phi) is 3.84. The van der Waals surface area contributed by atoms with Gasteiger partial charge in [0, 0.05) is 18.7 Å². The van der Waals surface area contributed by atoms with Gasteiger partial charge >= 0.3 is 0 Å². The van der Waals surface area contributed by atoms with Gasteiger partial charge in [-0.25, -0.2) is 0 Å². The quantitative estimate of drug-likeness (QED) is 0.661. The van der Waals surface area contributed by atoms with E-state index in [1.165, 1.54) is 11.1 Å². The van der Waals surface area contributed by atoms with E-state index in [9.17, 15) is 0 Å². The standard InChI is InChI=1S/C17H18ClN3/c18-15-11-14(17(19)20)5-6-16(15)21-9-7-12-3-1-2-4-13(12)8-10-21/h1-6,11H,7-10H2,(H3,19,20). The lowest BCUT2D eigenvalue weighted by Gasteiger charge is -2.24. The summed E-state index contributed by atoms with van der Waals surface area (Å²) in [6.07, 6.45) is 2.06. The van der Waals surface area contributed by atoms with Crippen molar-refractivity contribution in [2.75, 3.05) is 18.0 Å². The van der Waals surface area contributed by atoms with Crippen LogP contribution in [0.4, 0.5) is 5.69 Å². The Morgan fingerprint density at radius 3 is 2.19 bits per heavy atom. The van der Waals surface area contributed by atoms with Gasteiger partial charge in [-0.1, -0.05) is 35.9 Å². The fourth-order valence-electron chi connectivity index (χ4n) is 2.84. The molecule has 0 spiro atoms. The molecule has 1 aliphatic heterocycles. The molecule has 0 atom stereocenters. The fraction of sp³-hybridized carbons (Fsp3) is 0.235. The lowest BCUT2D eigenvalue weighted by Crippen LogP contribution is -2.26. The Balaban J connectivity index is 1.84. The summed E-state index contributed by atoms with van der Waals surface area (Å²) in [4.78, 5) is 2.31. The number of benzene rings is 2. The first-order valence-electron chi connectivity index (χ1n) is 7.11. The second-order valence-electron chi connectivity index (χ2n) is 5.34. The van der Waals surface area contributed by atoms with Crippen LogP contribution in [0.15, 0.2) is 42.5 Å². The predicted octanol–water partition coefficient (Wildman–Crippen LogP) is 3.23. The van der Waals surface area contributed by atoms with Gasteiger partial charge in [0.2, 0.25) is 0 Å². The molecular weight excluding hydrogens is 282 g/mol. The molecule has 0 unspecified atom stereocenters. The number of nitrogens with one attached hydrogen (secondary N) is 1. The van der Waals surface area contributed by atoms with E-state index in [-0.39, 0.29) is 5.84 Å². The van der Waals surface area contributed by atoms with Crippen LogP contribution in [-0.4, -0.2) is 18.9 Å².